The fourth-order valence-corrected chi connectivity index (χ4v) is 2.89. The first-order valence-electron chi connectivity index (χ1n) is 7.93. The van der Waals surface area contributed by atoms with Gasteiger partial charge in [-0.1, -0.05) is 29.8 Å². The predicted molar refractivity (Wildman–Crippen MR) is 104 cm³/mol. The second-order valence-corrected chi connectivity index (χ2v) is 6.62. The average molecular weight is 421 g/mol. The summed E-state index contributed by atoms with van der Waals surface area (Å²) in [6.07, 6.45) is 1.61. The molecule has 2 amide bonds. The van der Waals surface area contributed by atoms with Gasteiger partial charge in [-0.05, 0) is 43.5 Å². The molecule has 0 spiro atoms. The molecule has 0 fully saturated rings. The molecule has 0 aromatic heterocycles. The van der Waals surface area contributed by atoms with Gasteiger partial charge in [-0.2, -0.15) is 0 Å². The van der Waals surface area contributed by atoms with Crippen molar-refractivity contribution in [3.8, 4) is 0 Å². The molecule has 136 valence electrons. The summed E-state index contributed by atoms with van der Waals surface area (Å²) < 4.78 is 0.970. The Balaban J connectivity index is 0.00000529. The molecule has 4 N–H and O–H groups in total. The Bertz CT molecular complexity index is 555. The van der Waals surface area contributed by atoms with E-state index >= 15 is 0 Å². The standard InChI is InChI=1S/C17H26BrN3O2.ClH/c1-4-17(5-2,11-19)16(23)20-9-8-15(22)21-14-7-6-13(18)10-12(14)3;/h6-7,10H,4-5,8-9,11,19H2,1-3H3,(H,20,23)(H,21,22);1H. The number of nitrogens with two attached hydrogens (primary N) is 1. The zero-order valence-electron chi connectivity index (χ0n) is 14.4. The van der Waals surface area contributed by atoms with Crippen molar-refractivity contribution in [2.45, 2.75) is 40.0 Å². The van der Waals surface area contributed by atoms with Crippen LogP contribution in [0.5, 0.6) is 0 Å². The number of hydrogen-bond donors (Lipinski definition) is 3. The number of hydrogen-bond acceptors (Lipinski definition) is 3. The fraction of sp³-hybridized carbons (Fsp3) is 0.529. The highest BCUT2D eigenvalue weighted by Crippen LogP contribution is 2.25. The molecule has 1 aromatic rings. The van der Waals surface area contributed by atoms with Crippen molar-refractivity contribution in [3.63, 3.8) is 0 Å². The number of halogens is 2. The van der Waals surface area contributed by atoms with Crippen molar-refractivity contribution in [2.75, 3.05) is 18.4 Å². The van der Waals surface area contributed by atoms with Crippen LogP contribution in [0.1, 0.15) is 38.7 Å². The van der Waals surface area contributed by atoms with Crippen molar-refractivity contribution in [3.05, 3.63) is 28.2 Å². The lowest BCUT2D eigenvalue weighted by Crippen LogP contribution is -2.45. The van der Waals surface area contributed by atoms with E-state index in [9.17, 15) is 9.59 Å². The van der Waals surface area contributed by atoms with E-state index in [1.807, 2.05) is 39.0 Å². The molecule has 0 bridgehead atoms. The average Bonchev–Trinajstić information content (AvgIpc) is 2.52. The van der Waals surface area contributed by atoms with E-state index in [1.165, 1.54) is 0 Å². The molecule has 1 rings (SSSR count). The fourth-order valence-electron chi connectivity index (χ4n) is 2.41. The third-order valence-electron chi connectivity index (χ3n) is 4.33. The first-order chi connectivity index (χ1) is 10.9. The van der Waals surface area contributed by atoms with Gasteiger partial charge >= 0.3 is 0 Å². The Labute approximate surface area is 158 Å². The molecule has 0 aliphatic carbocycles. The summed E-state index contributed by atoms with van der Waals surface area (Å²) in [5.41, 5.74) is 6.98. The van der Waals surface area contributed by atoms with E-state index in [2.05, 4.69) is 26.6 Å². The number of anilines is 1. The topological polar surface area (TPSA) is 84.2 Å². The lowest BCUT2D eigenvalue weighted by molar-refractivity contribution is -0.131. The Morgan fingerprint density at radius 2 is 1.88 bits per heavy atom. The van der Waals surface area contributed by atoms with E-state index in [4.69, 9.17) is 5.73 Å². The lowest BCUT2D eigenvalue weighted by atomic mass is 9.81. The maximum atomic E-state index is 12.3. The first kappa shape index (κ1) is 22.9. The van der Waals surface area contributed by atoms with Crippen molar-refractivity contribution < 1.29 is 9.59 Å². The molecular weight excluding hydrogens is 394 g/mol. The predicted octanol–water partition coefficient (Wildman–Crippen LogP) is 3.39. The molecule has 0 atom stereocenters. The van der Waals surface area contributed by atoms with Gasteiger partial charge in [-0.15, -0.1) is 12.4 Å². The van der Waals surface area contributed by atoms with Crippen molar-refractivity contribution in [2.24, 2.45) is 11.1 Å². The van der Waals surface area contributed by atoms with Crippen LogP contribution in [0.25, 0.3) is 0 Å². The zero-order valence-corrected chi connectivity index (χ0v) is 16.9. The van der Waals surface area contributed by atoms with Gasteiger partial charge in [0.25, 0.3) is 0 Å². The molecule has 0 aliphatic heterocycles. The van der Waals surface area contributed by atoms with Gasteiger partial charge in [-0.3, -0.25) is 9.59 Å². The van der Waals surface area contributed by atoms with Gasteiger partial charge in [-0.25, -0.2) is 0 Å². The molecule has 0 unspecified atom stereocenters. The van der Waals surface area contributed by atoms with Crippen LogP contribution in [0.2, 0.25) is 0 Å². The molecule has 1 aromatic carbocycles. The molecule has 0 saturated heterocycles. The Morgan fingerprint density at radius 3 is 2.38 bits per heavy atom. The summed E-state index contributed by atoms with van der Waals surface area (Å²) >= 11 is 3.39. The molecule has 0 heterocycles. The van der Waals surface area contributed by atoms with E-state index in [1.54, 1.807) is 0 Å². The van der Waals surface area contributed by atoms with Crippen LogP contribution < -0.4 is 16.4 Å². The highest BCUT2D eigenvalue weighted by atomic mass is 79.9. The number of carbonyl (C=O) groups excluding carboxylic acids is 2. The van der Waals surface area contributed by atoms with Crippen LogP contribution in [0, 0.1) is 12.3 Å². The normalized spacial score (nSPS) is 10.7. The van der Waals surface area contributed by atoms with E-state index in [-0.39, 0.29) is 30.6 Å². The molecule has 0 radical (unpaired) electrons. The number of amides is 2. The van der Waals surface area contributed by atoms with Gasteiger partial charge < -0.3 is 16.4 Å². The maximum Gasteiger partial charge on any atom is 0.227 e. The monoisotopic (exact) mass is 419 g/mol. The minimum atomic E-state index is -0.529. The number of rotatable bonds is 8. The van der Waals surface area contributed by atoms with E-state index in [0.29, 0.717) is 25.9 Å². The van der Waals surface area contributed by atoms with Crippen LogP contribution in [0.15, 0.2) is 22.7 Å². The second kappa shape index (κ2) is 10.7. The van der Waals surface area contributed by atoms with E-state index in [0.717, 1.165) is 15.7 Å². The van der Waals surface area contributed by atoms with Crippen LogP contribution in [0.4, 0.5) is 5.69 Å². The van der Waals surface area contributed by atoms with Crippen LogP contribution >= 0.6 is 28.3 Å². The first-order valence-corrected chi connectivity index (χ1v) is 8.72. The summed E-state index contributed by atoms with van der Waals surface area (Å²) in [5.74, 6) is -0.195. The Hall–Kier alpha value is -1.11. The van der Waals surface area contributed by atoms with Gasteiger partial charge in [0.2, 0.25) is 11.8 Å². The maximum absolute atomic E-state index is 12.3. The SMILES string of the molecule is CCC(CC)(CN)C(=O)NCCC(=O)Nc1ccc(Br)cc1C.Cl. The van der Waals surface area contributed by atoms with Gasteiger partial charge in [0.05, 0.1) is 5.41 Å². The lowest BCUT2D eigenvalue weighted by Gasteiger charge is -2.28. The molecular formula is C17H27BrClN3O2. The quantitative estimate of drug-likeness (QED) is 0.602. The van der Waals surface area contributed by atoms with Crippen LogP contribution in [-0.4, -0.2) is 24.9 Å². The third-order valence-corrected chi connectivity index (χ3v) is 4.82. The van der Waals surface area contributed by atoms with E-state index < -0.39 is 5.41 Å². The summed E-state index contributed by atoms with van der Waals surface area (Å²) in [6, 6.07) is 5.67. The number of carbonyl (C=O) groups is 2. The molecule has 0 saturated carbocycles. The summed E-state index contributed by atoms with van der Waals surface area (Å²) in [7, 11) is 0. The second-order valence-electron chi connectivity index (χ2n) is 5.70. The molecule has 5 nitrogen and oxygen atoms in total. The van der Waals surface area contributed by atoms with Gasteiger partial charge in [0, 0.05) is 29.7 Å². The highest BCUT2D eigenvalue weighted by molar-refractivity contribution is 9.10. The number of aryl methyl sites for hydroxylation is 1. The van der Waals surface area contributed by atoms with Gasteiger partial charge in [0.1, 0.15) is 0 Å². The smallest absolute Gasteiger partial charge is 0.227 e. The molecule has 24 heavy (non-hydrogen) atoms. The summed E-state index contributed by atoms with van der Waals surface area (Å²) in [4.78, 5) is 24.3. The van der Waals surface area contributed by atoms with Crippen molar-refractivity contribution in [1.29, 1.82) is 0 Å². The number of benzene rings is 1. The van der Waals surface area contributed by atoms with Crippen molar-refractivity contribution in [1.82, 2.24) is 5.32 Å². The minimum Gasteiger partial charge on any atom is -0.355 e. The van der Waals surface area contributed by atoms with Gasteiger partial charge in [0.15, 0.2) is 0 Å². The third kappa shape index (κ3) is 6.07. The number of nitrogens with one attached hydrogen (secondary N) is 2. The Morgan fingerprint density at radius 1 is 1.25 bits per heavy atom. The largest absolute Gasteiger partial charge is 0.355 e. The highest BCUT2D eigenvalue weighted by Gasteiger charge is 2.32. The van der Waals surface area contributed by atoms with Crippen LogP contribution in [0.3, 0.4) is 0 Å². The Kier molecular flexibility index (Phi) is 10.2. The zero-order chi connectivity index (χ0) is 17.5. The summed E-state index contributed by atoms with van der Waals surface area (Å²) in [6.45, 7) is 6.47. The minimum absolute atomic E-state index is 0. The van der Waals surface area contributed by atoms with Crippen LogP contribution in [-0.2, 0) is 9.59 Å². The molecule has 0 aliphatic rings. The molecule has 7 heteroatoms. The van der Waals surface area contributed by atoms with Crippen molar-refractivity contribution >= 4 is 45.8 Å². The summed E-state index contributed by atoms with van der Waals surface area (Å²) in [5, 5.41) is 5.69.